The standard InChI is InChI=1S/C24H25N3O3/c1-16-13-25-12-4-5-19(25)15-26(16)22(28)18-10-8-17(9-11-18)14-27-23(29)20-6-2-3-7-21(20)24(27)30/h2-3,6-11,16,19H,4-5,12-15H2,1H3. The Morgan fingerprint density at radius 3 is 2.30 bits per heavy atom. The fraction of sp³-hybridized carbons (Fsp3) is 0.375. The highest BCUT2D eigenvalue weighted by Gasteiger charge is 2.37. The average Bonchev–Trinajstić information content (AvgIpc) is 3.31. The lowest BCUT2D eigenvalue weighted by atomic mass is 10.0. The number of rotatable bonds is 3. The van der Waals surface area contributed by atoms with Crippen molar-refractivity contribution in [2.75, 3.05) is 19.6 Å². The molecule has 6 nitrogen and oxygen atoms in total. The minimum Gasteiger partial charge on any atom is -0.333 e. The van der Waals surface area contributed by atoms with Crippen molar-refractivity contribution in [3.8, 4) is 0 Å². The van der Waals surface area contributed by atoms with Crippen LogP contribution in [0.2, 0.25) is 0 Å². The van der Waals surface area contributed by atoms with Crippen LogP contribution in [0, 0.1) is 0 Å². The molecule has 2 fully saturated rings. The molecule has 2 atom stereocenters. The van der Waals surface area contributed by atoms with Crippen LogP contribution in [0.1, 0.15) is 56.4 Å². The first-order valence-electron chi connectivity index (χ1n) is 10.6. The summed E-state index contributed by atoms with van der Waals surface area (Å²) in [5.41, 5.74) is 2.39. The minimum atomic E-state index is -0.265. The molecule has 3 aliphatic rings. The van der Waals surface area contributed by atoms with E-state index in [1.807, 2.05) is 29.2 Å². The van der Waals surface area contributed by atoms with Crippen LogP contribution in [0.4, 0.5) is 0 Å². The van der Waals surface area contributed by atoms with E-state index in [1.165, 1.54) is 11.3 Å². The molecule has 5 rings (SSSR count). The summed E-state index contributed by atoms with van der Waals surface area (Å²) in [4.78, 5) is 44.0. The van der Waals surface area contributed by atoms with Crippen molar-refractivity contribution in [1.29, 1.82) is 0 Å². The highest BCUT2D eigenvalue weighted by Crippen LogP contribution is 2.27. The number of nitrogens with zero attached hydrogens (tertiary/aromatic N) is 3. The summed E-state index contributed by atoms with van der Waals surface area (Å²) in [7, 11) is 0. The maximum atomic E-state index is 13.1. The predicted molar refractivity (Wildman–Crippen MR) is 112 cm³/mol. The van der Waals surface area contributed by atoms with Crippen molar-refractivity contribution < 1.29 is 14.4 Å². The molecule has 2 aromatic carbocycles. The number of amides is 3. The number of hydrogen-bond acceptors (Lipinski definition) is 4. The Kier molecular flexibility index (Phi) is 4.66. The second-order valence-corrected chi connectivity index (χ2v) is 8.54. The average molecular weight is 403 g/mol. The van der Waals surface area contributed by atoms with Crippen molar-refractivity contribution in [3.05, 3.63) is 70.8 Å². The van der Waals surface area contributed by atoms with Gasteiger partial charge in [-0.15, -0.1) is 0 Å². The number of piperazine rings is 1. The third kappa shape index (κ3) is 3.12. The van der Waals surface area contributed by atoms with Gasteiger partial charge in [-0.3, -0.25) is 24.2 Å². The quantitative estimate of drug-likeness (QED) is 0.740. The molecule has 0 radical (unpaired) electrons. The Morgan fingerprint density at radius 1 is 0.967 bits per heavy atom. The number of fused-ring (bicyclic) bond motifs is 2. The van der Waals surface area contributed by atoms with Gasteiger partial charge in [0.15, 0.2) is 0 Å². The second kappa shape index (κ2) is 7.36. The SMILES string of the molecule is CC1CN2CCCC2CN1C(=O)c1ccc(CN2C(=O)c3ccccc3C2=O)cc1. The zero-order valence-corrected chi connectivity index (χ0v) is 17.1. The van der Waals surface area contributed by atoms with Crippen LogP contribution in [0.3, 0.4) is 0 Å². The van der Waals surface area contributed by atoms with Gasteiger partial charge in [0.05, 0.1) is 17.7 Å². The van der Waals surface area contributed by atoms with E-state index >= 15 is 0 Å². The molecule has 154 valence electrons. The largest absolute Gasteiger partial charge is 0.333 e. The highest BCUT2D eigenvalue weighted by molar-refractivity contribution is 6.21. The van der Waals surface area contributed by atoms with Crippen LogP contribution in [0.5, 0.6) is 0 Å². The number of carbonyl (C=O) groups is 3. The molecule has 2 saturated heterocycles. The summed E-state index contributed by atoms with van der Waals surface area (Å²) in [6.07, 6.45) is 2.38. The molecule has 30 heavy (non-hydrogen) atoms. The van der Waals surface area contributed by atoms with E-state index in [9.17, 15) is 14.4 Å². The van der Waals surface area contributed by atoms with E-state index in [4.69, 9.17) is 0 Å². The van der Waals surface area contributed by atoms with Crippen LogP contribution >= 0.6 is 0 Å². The third-order valence-electron chi connectivity index (χ3n) is 6.62. The molecule has 0 saturated carbocycles. The van der Waals surface area contributed by atoms with Gasteiger partial charge in [-0.1, -0.05) is 24.3 Å². The van der Waals surface area contributed by atoms with Gasteiger partial charge < -0.3 is 4.90 Å². The maximum absolute atomic E-state index is 13.1. The Labute approximate surface area is 176 Å². The molecular weight excluding hydrogens is 378 g/mol. The van der Waals surface area contributed by atoms with Gasteiger partial charge in [0, 0.05) is 30.7 Å². The van der Waals surface area contributed by atoms with Crippen molar-refractivity contribution in [3.63, 3.8) is 0 Å². The molecule has 0 spiro atoms. The fourth-order valence-corrected chi connectivity index (χ4v) is 4.95. The van der Waals surface area contributed by atoms with Crippen LogP contribution in [-0.2, 0) is 6.54 Å². The van der Waals surface area contributed by atoms with Gasteiger partial charge in [0.25, 0.3) is 17.7 Å². The molecule has 3 amide bonds. The van der Waals surface area contributed by atoms with E-state index in [0.29, 0.717) is 22.7 Å². The lowest BCUT2D eigenvalue weighted by Gasteiger charge is -2.42. The maximum Gasteiger partial charge on any atom is 0.261 e. The van der Waals surface area contributed by atoms with Gasteiger partial charge in [-0.2, -0.15) is 0 Å². The Morgan fingerprint density at radius 2 is 1.63 bits per heavy atom. The predicted octanol–water partition coefficient (Wildman–Crippen LogP) is 2.79. The van der Waals surface area contributed by atoms with Crippen LogP contribution in [0.15, 0.2) is 48.5 Å². The van der Waals surface area contributed by atoms with Gasteiger partial charge in [-0.25, -0.2) is 0 Å². The highest BCUT2D eigenvalue weighted by atomic mass is 16.2. The summed E-state index contributed by atoms with van der Waals surface area (Å²) in [6.45, 7) is 5.19. The Bertz CT molecular complexity index is 982. The first-order valence-corrected chi connectivity index (χ1v) is 10.6. The van der Waals surface area contributed by atoms with Gasteiger partial charge in [0.1, 0.15) is 0 Å². The monoisotopic (exact) mass is 403 g/mol. The Hall–Kier alpha value is -2.99. The molecule has 0 aromatic heterocycles. The summed E-state index contributed by atoms with van der Waals surface area (Å²) in [5.74, 6) is -0.473. The summed E-state index contributed by atoms with van der Waals surface area (Å²) < 4.78 is 0. The van der Waals surface area contributed by atoms with Crippen molar-refractivity contribution in [2.45, 2.75) is 38.4 Å². The molecule has 3 heterocycles. The van der Waals surface area contributed by atoms with Crippen LogP contribution in [-0.4, -0.2) is 64.1 Å². The van der Waals surface area contributed by atoms with Crippen molar-refractivity contribution >= 4 is 17.7 Å². The van der Waals surface area contributed by atoms with Crippen LogP contribution in [0.25, 0.3) is 0 Å². The van der Waals surface area contributed by atoms with E-state index in [0.717, 1.165) is 31.6 Å². The van der Waals surface area contributed by atoms with Crippen molar-refractivity contribution in [2.24, 2.45) is 0 Å². The number of hydrogen-bond donors (Lipinski definition) is 0. The smallest absolute Gasteiger partial charge is 0.261 e. The molecular formula is C24H25N3O3. The molecule has 6 heteroatoms. The summed E-state index contributed by atoms with van der Waals surface area (Å²) >= 11 is 0. The molecule has 0 aliphatic carbocycles. The van der Waals surface area contributed by atoms with Crippen LogP contribution < -0.4 is 0 Å². The molecule has 2 aromatic rings. The van der Waals surface area contributed by atoms with E-state index in [2.05, 4.69) is 11.8 Å². The first kappa shape index (κ1) is 19.0. The van der Waals surface area contributed by atoms with E-state index in [1.54, 1.807) is 24.3 Å². The van der Waals surface area contributed by atoms with E-state index in [-0.39, 0.29) is 30.3 Å². The molecule has 0 bridgehead atoms. The van der Waals surface area contributed by atoms with Gasteiger partial charge >= 0.3 is 0 Å². The summed E-state index contributed by atoms with van der Waals surface area (Å²) in [5, 5.41) is 0. The topological polar surface area (TPSA) is 60.9 Å². The third-order valence-corrected chi connectivity index (χ3v) is 6.62. The lowest BCUT2D eigenvalue weighted by molar-refractivity contribution is 0.0395. The first-order chi connectivity index (χ1) is 14.5. The van der Waals surface area contributed by atoms with E-state index < -0.39 is 0 Å². The molecule has 3 aliphatic heterocycles. The second-order valence-electron chi connectivity index (χ2n) is 8.54. The summed E-state index contributed by atoms with van der Waals surface area (Å²) in [6, 6.07) is 14.9. The number of benzene rings is 2. The zero-order valence-electron chi connectivity index (χ0n) is 17.1. The van der Waals surface area contributed by atoms with Gasteiger partial charge in [-0.05, 0) is 56.1 Å². The number of imide groups is 1. The Balaban J connectivity index is 1.29. The zero-order chi connectivity index (χ0) is 20.8. The van der Waals surface area contributed by atoms with Gasteiger partial charge in [0.2, 0.25) is 0 Å². The molecule has 0 N–H and O–H groups in total. The normalized spacial score (nSPS) is 23.6. The molecule has 2 unspecified atom stereocenters. The van der Waals surface area contributed by atoms with Crippen molar-refractivity contribution in [1.82, 2.24) is 14.7 Å². The minimum absolute atomic E-state index is 0.0568. The fourth-order valence-electron chi connectivity index (χ4n) is 4.95. The number of carbonyl (C=O) groups excluding carboxylic acids is 3. The lowest BCUT2D eigenvalue weighted by Crippen LogP contribution is -2.56.